The number of benzene rings is 2. The minimum atomic E-state index is -0.356. The molecule has 1 aliphatic carbocycles. The van der Waals surface area contributed by atoms with Crippen LogP contribution in [0.2, 0.25) is 0 Å². The molecule has 0 aliphatic heterocycles. The van der Waals surface area contributed by atoms with Gasteiger partial charge in [-0.15, -0.1) is 0 Å². The monoisotopic (exact) mass is 362 g/mol. The van der Waals surface area contributed by atoms with Crippen LogP contribution < -0.4 is 0 Å². The van der Waals surface area contributed by atoms with Crippen LogP contribution in [0.15, 0.2) is 42.5 Å². The van der Waals surface area contributed by atoms with E-state index in [4.69, 9.17) is 11.6 Å². The first-order valence-corrected chi connectivity index (χ1v) is 8.72. The fourth-order valence-corrected chi connectivity index (χ4v) is 3.85. The summed E-state index contributed by atoms with van der Waals surface area (Å²) in [5.41, 5.74) is 5.52. The summed E-state index contributed by atoms with van der Waals surface area (Å²) in [6, 6.07) is 14.3. The molecule has 2 aromatic carbocycles. The largest absolute Gasteiger partial charge is 0.276 e. The third-order valence-electron chi connectivity index (χ3n) is 4.17. The highest BCUT2D eigenvalue weighted by Crippen LogP contribution is 2.48. The van der Waals surface area contributed by atoms with Crippen molar-refractivity contribution >= 4 is 32.8 Å². The van der Waals surface area contributed by atoms with E-state index in [0.717, 1.165) is 30.2 Å². The molecule has 2 aromatic rings. The van der Waals surface area contributed by atoms with Gasteiger partial charge in [-0.3, -0.25) is 4.79 Å². The summed E-state index contributed by atoms with van der Waals surface area (Å²) >= 11 is 9.29. The van der Waals surface area contributed by atoms with Crippen molar-refractivity contribution in [2.45, 2.75) is 25.2 Å². The SMILES string of the molecule is O=C(Cl)c1cccc2c1C(CCCCBr)c1ccccc1-2. The summed E-state index contributed by atoms with van der Waals surface area (Å²) in [6.45, 7) is 0. The van der Waals surface area contributed by atoms with Crippen molar-refractivity contribution in [1.82, 2.24) is 0 Å². The number of unbranched alkanes of at least 4 members (excludes halogenated alkanes) is 1. The van der Waals surface area contributed by atoms with E-state index in [1.165, 1.54) is 16.7 Å². The van der Waals surface area contributed by atoms with Gasteiger partial charge < -0.3 is 0 Å². The number of alkyl halides is 1. The molecule has 0 N–H and O–H groups in total. The van der Waals surface area contributed by atoms with Gasteiger partial charge in [-0.1, -0.05) is 58.7 Å². The van der Waals surface area contributed by atoms with E-state index in [1.807, 2.05) is 12.1 Å². The van der Waals surface area contributed by atoms with E-state index >= 15 is 0 Å². The molecule has 0 saturated carbocycles. The molecule has 0 spiro atoms. The molecule has 1 aliphatic rings. The molecule has 0 radical (unpaired) electrons. The van der Waals surface area contributed by atoms with Crippen molar-refractivity contribution in [3.05, 3.63) is 59.2 Å². The third kappa shape index (κ3) is 2.67. The molecule has 0 aromatic heterocycles. The number of carbonyl (C=O) groups is 1. The Kier molecular flexibility index (Phi) is 4.46. The van der Waals surface area contributed by atoms with Crippen LogP contribution in [0.1, 0.15) is 46.7 Å². The van der Waals surface area contributed by atoms with Crippen LogP contribution in [0.25, 0.3) is 11.1 Å². The second-order valence-electron chi connectivity index (χ2n) is 5.37. The van der Waals surface area contributed by atoms with Crippen LogP contribution in [0.3, 0.4) is 0 Å². The van der Waals surface area contributed by atoms with Gasteiger partial charge in [-0.2, -0.15) is 0 Å². The number of rotatable bonds is 5. The lowest BCUT2D eigenvalue weighted by atomic mass is 9.89. The molecule has 1 nitrogen and oxygen atoms in total. The summed E-state index contributed by atoms with van der Waals surface area (Å²) in [4.78, 5) is 11.8. The van der Waals surface area contributed by atoms with Crippen LogP contribution in [-0.2, 0) is 0 Å². The number of hydrogen-bond donors (Lipinski definition) is 0. The lowest BCUT2D eigenvalue weighted by Crippen LogP contribution is -2.03. The average Bonchev–Trinajstić information content (AvgIpc) is 2.82. The van der Waals surface area contributed by atoms with Crippen molar-refractivity contribution in [2.24, 2.45) is 0 Å². The molecule has 0 saturated heterocycles. The fourth-order valence-electron chi connectivity index (χ4n) is 3.29. The lowest BCUT2D eigenvalue weighted by Gasteiger charge is -2.15. The van der Waals surface area contributed by atoms with Gasteiger partial charge in [0, 0.05) is 16.8 Å². The van der Waals surface area contributed by atoms with E-state index in [9.17, 15) is 4.79 Å². The molecular weight excluding hydrogens is 348 g/mol. The Hall–Kier alpha value is -1.12. The zero-order valence-electron chi connectivity index (χ0n) is 11.6. The number of carbonyl (C=O) groups excluding carboxylic acids is 1. The third-order valence-corrected chi connectivity index (χ3v) is 4.93. The molecule has 1 unspecified atom stereocenters. The molecule has 3 heteroatoms. The maximum atomic E-state index is 11.8. The first kappa shape index (κ1) is 14.8. The molecule has 0 bridgehead atoms. The molecule has 1 atom stereocenters. The van der Waals surface area contributed by atoms with E-state index in [0.29, 0.717) is 5.56 Å². The van der Waals surface area contributed by atoms with Crippen molar-refractivity contribution in [3.8, 4) is 11.1 Å². The number of halogens is 2. The van der Waals surface area contributed by atoms with E-state index < -0.39 is 0 Å². The first-order valence-electron chi connectivity index (χ1n) is 7.22. The molecule has 3 rings (SSSR count). The topological polar surface area (TPSA) is 17.1 Å². The van der Waals surface area contributed by atoms with Gasteiger partial charge in [0.15, 0.2) is 0 Å². The summed E-state index contributed by atoms with van der Waals surface area (Å²) in [5, 5.41) is 0.662. The zero-order valence-corrected chi connectivity index (χ0v) is 14.0. The quantitative estimate of drug-likeness (QED) is 0.376. The second kappa shape index (κ2) is 6.33. The van der Waals surface area contributed by atoms with Gasteiger partial charge in [0.2, 0.25) is 0 Å². The Morgan fingerprint density at radius 2 is 1.81 bits per heavy atom. The number of fused-ring (bicyclic) bond motifs is 3. The van der Waals surface area contributed by atoms with Gasteiger partial charge in [0.25, 0.3) is 5.24 Å². The summed E-state index contributed by atoms with van der Waals surface area (Å²) < 4.78 is 0. The Bertz CT molecular complexity index is 681. The maximum Gasteiger partial charge on any atom is 0.252 e. The van der Waals surface area contributed by atoms with E-state index in [2.05, 4.69) is 46.3 Å². The minimum absolute atomic E-state index is 0.286. The highest BCUT2D eigenvalue weighted by Gasteiger charge is 2.31. The molecule has 21 heavy (non-hydrogen) atoms. The van der Waals surface area contributed by atoms with Gasteiger partial charge in [-0.25, -0.2) is 0 Å². The van der Waals surface area contributed by atoms with E-state index in [-0.39, 0.29) is 11.2 Å². The molecule has 108 valence electrons. The van der Waals surface area contributed by atoms with Crippen molar-refractivity contribution in [1.29, 1.82) is 0 Å². The number of hydrogen-bond acceptors (Lipinski definition) is 1. The van der Waals surface area contributed by atoms with E-state index in [1.54, 1.807) is 0 Å². The van der Waals surface area contributed by atoms with Crippen LogP contribution in [0, 0.1) is 0 Å². The molecule has 0 amide bonds. The van der Waals surface area contributed by atoms with Gasteiger partial charge >= 0.3 is 0 Å². The molecule has 0 heterocycles. The highest BCUT2D eigenvalue weighted by atomic mass is 79.9. The predicted octanol–water partition coefficient (Wildman–Crippen LogP) is 5.74. The Balaban J connectivity index is 2.11. The van der Waals surface area contributed by atoms with Gasteiger partial charge in [0.05, 0.1) is 0 Å². The maximum absolute atomic E-state index is 11.8. The normalized spacial score (nSPS) is 15.6. The highest BCUT2D eigenvalue weighted by molar-refractivity contribution is 9.09. The van der Waals surface area contributed by atoms with Crippen LogP contribution in [0.5, 0.6) is 0 Å². The molecular formula is C18H16BrClO. The smallest absolute Gasteiger partial charge is 0.252 e. The van der Waals surface area contributed by atoms with Crippen molar-refractivity contribution in [3.63, 3.8) is 0 Å². The summed E-state index contributed by atoms with van der Waals surface area (Å²) in [5.74, 6) is 0.286. The first-order chi connectivity index (χ1) is 10.2. The van der Waals surface area contributed by atoms with Crippen LogP contribution >= 0.6 is 27.5 Å². The average molecular weight is 364 g/mol. The zero-order chi connectivity index (χ0) is 14.8. The van der Waals surface area contributed by atoms with Gasteiger partial charge in [-0.05, 0) is 52.8 Å². The van der Waals surface area contributed by atoms with Crippen LogP contribution in [-0.4, -0.2) is 10.6 Å². The summed E-state index contributed by atoms with van der Waals surface area (Å²) in [7, 11) is 0. The minimum Gasteiger partial charge on any atom is -0.276 e. The second-order valence-corrected chi connectivity index (χ2v) is 6.50. The Morgan fingerprint density at radius 1 is 1.05 bits per heavy atom. The van der Waals surface area contributed by atoms with Crippen molar-refractivity contribution in [2.75, 3.05) is 5.33 Å². The predicted molar refractivity (Wildman–Crippen MR) is 91.5 cm³/mol. The standard InChI is InChI=1S/C18H16BrClO/c19-11-4-3-8-14-12-6-1-2-7-13(12)15-9-5-10-16(17(14)15)18(20)21/h1-2,5-7,9-10,14H,3-4,8,11H2. The molecule has 0 fully saturated rings. The van der Waals surface area contributed by atoms with Crippen molar-refractivity contribution < 1.29 is 4.79 Å². The lowest BCUT2D eigenvalue weighted by molar-refractivity contribution is 0.108. The fraction of sp³-hybridized carbons (Fsp3) is 0.278. The summed E-state index contributed by atoms with van der Waals surface area (Å²) in [6.07, 6.45) is 3.33. The van der Waals surface area contributed by atoms with Crippen LogP contribution in [0.4, 0.5) is 0 Å². The Labute approximate surface area is 138 Å². The Morgan fingerprint density at radius 3 is 2.57 bits per heavy atom. The van der Waals surface area contributed by atoms with Gasteiger partial charge in [0.1, 0.15) is 0 Å².